The van der Waals surface area contributed by atoms with Gasteiger partial charge in [0.1, 0.15) is 17.1 Å². The molecule has 1 amide bonds. The van der Waals surface area contributed by atoms with Crippen molar-refractivity contribution in [1.82, 2.24) is 14.9 Å². The summed E-state index contributed by atoms with van der Waals surface area (Å²) >= 11 is 0. The lowest BCUT2D eigenvalue weighted by Crippen LogP contribution is -2.36. The molecule has 1 aromatic heterocycles. The van der Waals surface area contributed by atoms with Gasteiger partial charge >= 0.3 is 0 Å². The van der Waals surface area contributed by atoms with Gasteiger partial charge in [0.05, 0.1) is 18.4 Å². The lowest BCUT2D eigenvalue weighted by atomic mass is 10.2. The molecule has 9 nitrogen and oxygen atoms in total. The average molecular weight is 397 g/mol. The lowest BCUT2D eigenvalue weighted by molar-refractivity contribution is -0.757. The number of aryl methyl sites for hydroxylation is 1. The highest BCUT2D eigenvalue weighted by Gasteiger charge is 2.45. The molecule has 29 heavy (non-hydrogen) atoms. The first-order chi connectivity index (χ1) is 14.0. The van der Waals surface area contributed by atoms with Crippen molar-refractivity contribution in [2.45, 2.75) is 51.0 Å². The van der Waals surface area contributed by atoms with Gasteiger partial charge in [-0.3, -0.25) is 4.79 Å². The van der Waals surface area contributed by atoms with Gasteiger partial charge in [0.15, 0.2) is 0 Å². The van der Waals surface area contributed by atoms with E-state index in [1.807, 2.05) is 41.8 Å². The third-order valence-electron chi connectivity index (χ3n) is 4.96. The SMILES string of the molecule is Cc1c(C(=O)NC2(C#N)CC2)nc(CCCCCO[N+](=O)[O-])n1-c1ccccc1. The van der Waals surface area contributed by atoms with Crippen molar-refractivity contribution >= 4 is 5.91 Å². The van der Waals surface area contributed by atoms with E-state index in [4.69, 9.17) is 0 Å². The minimum Gasteiger partial charge on any atom is -0.332 e. The largest absolute Gasteiger partial charge is 0.332 e. The highest BCUT2D eigenvalue weighted by molar-refractivity contribution is 5.94. The van der Waals surface area contributed by atoms with E-state index in [9.17, 15) is 20.2 Å². The Morgan fingerprint density at radius 2 is 2.07 bits per heavy atom. The summed E-state index contributed by atoms with van der Waals surface area (Å²) < 4.78 is 1.95. The van der Waals surface area contributed by atoms with Gasteiger partial charge in [-0.15, -0.1) is 10.1 Å². The summed E-state index contributed by atoms with van der Waals surface area (Å²) in [6.45, 7) is 1.92. The molecule has 1 aliphatic rings. The second-order valence-corrected chi connectivity index (χ2v) is 7.15. The number of imidazole rings is 1. The van der Waals surface area contributed by atoms with Crippen LogP contribution in [-0.4, -0.2) is 32.7 Å². The molecule has 0 atom stereocenters. The molecule has 1 aliphatic carbocycles. The van der Waals surface area contributed by atoms with Crippen LogP contribution in [0.15, 0.2) is 30.3 Å². The summed E-state index contributed by atoms with van der Waals surface area (Å²) in [6.07, 6.45) is 4.01. The topological polar surface area (TPSA) is 123 Å². The van der Waals surface area contributed by atoms with Gasteiger partial charge < -0.3 is 14.7 Å². The zero-order valence-electron chi connectivity index (χ0n) is 16.3. The smallest absolute Gasteiger partial charge is 0.294 e. The van der Waals surface area contributed by atoms with Gasteiger partial charge in [-0.1, -0.05) is 24.6 Å². The van der Waals surface area contributed by atoms with Crippen LogP contribution in [0, 0.1) is 28.4 Å². The fourth-order valence-corrected chi connectivity index (χ4v) is 3.23. The molecular weight excluding hydrogens is 374 g/mol. The lowest BCUT2D eigenvalue weighted by Gasteiger charge is -2.11. The number of nitriles is 1. The van der Waals surface area contributed by atoms with E-state index in [1.54, 1.807) is 0 Å². The monoisotopic (exact) mass is 397 g/mol. The summed E-state index contributed by atoms with van der Waals surface area (Å²) in [5.74, 6) is 0.410. The van der Waals surface area contributed by atoms with Crippen molar-refractivity contribution in [2.24, 2.45) is 0 Å². The van der Waals surface area contributed by atoms with Gasteiger partial charge in [0.2, 0.25) is 0 Å². The molecule has 152 valence electrons. The van der Waals surface area contributed by atoms with E-state index in [2.05, 4.69) is 21.2 Å². The van der Waals surface area contributed by atoms with Crippen LogP contribution in [0.1, 0.15) is 54.1 Å². The van der Waals surface area contributed by atoms with Crippen LogP contribution < -0.4 is 5.32 Å². The first-order valence-corrected chi connectivity index (χ1v) is 9.60. The molecule has 2 aromatic rings. The summed E-state index contributed by atoms with van der Waals surface area (Å²) in [6, 6.07) is 11.8. The molecule has 1 N–H and O–H groups in total. The molecule has 3 rings (SSSR count). The molecule has 9 heteroatoms. The van der Waals surface area contributed by atoms with Crippen molar-refractivity contribution < 1.29 is 14.7 Å². The molecule has 0 radical (unpaired) electrons. The number of amides is 1. The third kappa shape index (κ3) is 4.90. The number of carbonyl (C=O) groups is 1. The number of para-hydroxylation sites is 1. The van der Waals surface area contributed by atoms with Gasteiger partial charge in [-0.2, -0.15) is 5.26 Å². The van der Waals surface area contributed by atoms with Crippen LogP contribution in [0.25, 0.3) is 5.69 Å². The molecule has 0 bridgehead atoms. The second kappa shape index (κ2) is 8.73. The van der Waals surface area contributed by atoms with Crippen LogP contribution in [0.3, 0.4) is 0 Å². The summed E-state index contributed by atoms with van der Waals surface area (Å²) in [7, 11) is 0. The fourth-order valence-electron chi connectivity index (χ4n) is 3.23. The Morgan fingerprint density at radius 3 is 2.69 bits per heavy atom. The zero-order chi connectivity index (χ0) is 20.9. The molecule has 0 saturated heterocycles. The molecule has 1 saturated carbocycles. The van der Waals surface area contributed by atoms with Crippen molar-refractivity contribution in [3.8, 4) is 11.8 Å². The Kier molecular flexibility index (Phi) is 6.12. The predicted molar refractivity (Wildman–Crippen MR) is 104 cm³/mol. The van der Waals surface area contributed by atoms with Crippen LogP contribution in [0.2, 0.25) is 0 Å². The Bertz CT molecular complexity index is 928. The molecule has 1 heterocycles. The van der Waals surface area contributed by atoms with Crippen LogP contribution in [0.5, 0.6) is 0 Å². The zero-order valence-corrected chi connectivity index (χ0v) is 16.3. The fraction of sp³-hybridized carbons (Fsp3) is 0.450. The number of unbranched alkanes of at least 4 members (excludes halogenated alkanes) is 2. The summed E-state index contributed by atoms with van der Waals surface area (Å²) in [5.41, 5.74) is 1.19. The number of hydrogen-bond acceptors (Lipinski definition) is 6. The molecule has 1 aromatic carbocycles. The van der Waals surface area contributed by atoms with E-state index in [1.165, 1.54) is 0 Å². The standard InChI is InChI=1S/C20H23N5O4/c1-15-18(19(26)23-20(14-21)11-12-20)22-17(10-6-3-7-13-29-25(27)28)24(15)16-8-4-2-5-9-16/h2,4-5,8-9H,3,6-7,10-13H2,1H3,(H,23,26). The van der Waals surface area contributed by atoms with Crippen LogP contribution in [-0.2, 0) is 11.3 Å². The number of aromatic nitrogens is 2. The first kappa shape index (κ1) is 20.3. The maximum atomic E-state index is 12.7. The Hall–Kier alpha value is -3.41. The minimum absolute atomic E-state index is 0.0725. The number of hydrogen-bond donors (Lipinski definition) is 1. The molecule has 0 unspecified atom stereocenters. The van der Waals surface area contributed by atoms with Gasteiger partial charge in [0, 0.05) is 12.1 Å². The maximum absolute atomic E-state index is 12.7. The number of rotatable bonds is 10. The van der Waals surface area contributed by atoms with E-state index < -0.39 is 10.6 Å². The first-order valence-electron chi connectivity index (χ1n) is 9.60. The maximum Gasteiger partial charge on any atom is 0.294 e. The Labute approximate surface area is 168 Å². The Morgan fingerprint density at radius 1 is 1.34 bits per heavy atom. The van der Waals surface area contributed by atoms with Gasteiger partial charge in [0.25, 0.3) is 11.0 Å². The number of nitrogens with zero attached hydrogens (tertiary/aromatic N) is 4. The van der Waals surface area contributed by atoms with Crippen LogP contribution in [0.4, 0.5) is 0 Å². The van der Waals surface area contributed by atoms with Gasteiger partial charge in [-0.25, -0.2) is 4.98 Å². The van der Waals surface area contributed by atoms with E-state index in [0.717, 1.165) is 24.4 Å². The van der Waals surface area contributed by atoms with Crippen molar-refractivity contribution in [3.05, 3.63) is 57.7 Å². The van der Waals surface area contributed by atoms with E-state index in [-0.39, 0.29) is 12.5 Å². The quantitative estimate of drug-likeness (QED) is 0.373. The summed E-state index contributed by atoms with van der Waals surface area (Å²) in [4.78, 5) is 31.8. The Balaban J connectivity index is 1.76. The number of carbonyl (C=O) groups excluding carboxylic acids is 1. The van der Waals surface area contributed by atoms with E-state index in [0.29, 0.717) is 37.1 Å². The highest BCUT2D eigenvalue weighted by Crippen LogP contribution is 2.34. The van der Waals surface area contributed by atoms with Crippen LogP contribution >= 0.6 is 0 Å². The normalized spacial score (nSPS) is 14.1. The van der Waals surface area contributed by atoms with Crippen molar-refractivity contribution in [2.75, 3.05) is 6.61 Å². The highest BCUT2D eigenvalue weighted by atomic mass is 16.9. The number of benzene rings is 1. The molecule has 0 spiro atoms. The average Bonchev–Trinajstić information content (AvgIpc) is 3.40. The second-order valence-electron chi connectivity index (χ2n) is 7.15. The molecule has 1 fully saturated rings. The number of nitrogens with one attached hydrogen (secondary N) is 1. The molecule has 0 aliphatic heterocycles. The summed E-state index contributed by atoms with van der Waals surface area (Å²) in [5, 5.41) is 21.5. The van der Waals surface area contributed by atoms with E-state index >= 15 is 0 Å². The predicted octanol–water partition coefficient (Wildman–Crippen LogP) is 2.89. The van der Waals surface area contributed by atoms with Crippen molar-refractivity contribution in [1.29, 1.82) is 5.26 Å². The van der Waals surface area contributed by atoms with Crippen molar-refractivity contribution in [3.63, 3.8) is 0 Å². The molecular formula is C20H23N5O4. The minimum atomic E-state index is -0.787. The van der Waals surface area contributed by atoms with Gasteiger partial charge in [-0.05, 0) is 44.7 Å². The third-order valence-corrected chi connectivity index (χ3v) is 4.96.